The van der Waals surface area contributed by atoms with Crippen molar-refractivity contribution in [1.29, 1.82) is 0 Å². The van der Waals surface area contributed by atoms with Gasteiger partial charge in [0.15, 0.2) is 0 Å². The van der Waals surface area contributed by atoms with Crippen LogP contribution in [0.15, 0.2) is 0 Å². The highest BCUT2D eigenvalue weighted by molar-refractivity contribution is 5.88. The molecular formula is C21H43N3O4. The molecule has 0 aromatic rings. The minimum absolute atomic E-state index is 0.0488. The highest BCUT2D eigenvalue weighted by Gasteiger charge is 2.23. The Hall–Kier alpha value is -1.92. The van der Waals surface area contributed by atoms with E-state index >= 15 is 0 Å². The summed E-state index contributed by atoms with van der Waals surface area (Å²) in [7, 11) is 0. The van der Waals surface area contributed by atoms with Crippen molar-refractivity contribution in [2.45, 2.75) is 99.5 Å². The first-order valence-corrected chi connectivity index (χ1v) is 10.5. The molecule has 0 bridgehead atoms. The predicted octanol–water partition coefficient (Wildman–Crippen LogP) is 3.10. The van der Waals surface area contributed by atoms with Gasteiger partial charge in [0, 0.05) is 25.8 Å². The van der Waals surface area contributed by atoms with Crippen molar-refractivity contribution in [3.05, 3.63) is 0 Å². The maximum Gasteiger partial charge on any atom is 0.242 e. The highest BCUT2D eigenvalue weighted by Crippen LogP contribution is 2.04. The molecule has 0 rings (SSSR count). The quantitative estimate of drug-likeness (QED) is 0.435. The second-order valence-corrected chi connectivity index (χ2v) is 6.77. The molecule has 0 heterocycles. The number of unbranched alkanes of at least 4 members (excludes halogenated alkanes) is 1. The Kier molecular flexibility index (Phi) is 23.5. The van der Waals surface area contributed by atoms with Crippen LogP contribution in [0.1, 0.15) is 93.4 Å². The van der Waals surface area contributed by atoms with Crippen LogP contribution in [0.4, 0.5) is 0 Å². The molecule has 0 radical (unpaired) electrons. The molecule has 1 unspecified atom stereocenters. The summed E-state index contributed by atoms with van der Waals surface area (Å²) in [5.41, 5.74) is 5.02. The van der Waals surface area contributed by atoms with Gasteiger partial charge in [-0.25, -0.2) is 0 Å². The van der Waals surface area contributed by atoms with E-state index in [0.29, 0.717) is 19.4 Å². The third-order valence-corrected chi connectivity index (χ3v) is 3.35. The summed E-state index contributed by atoms with van der Waals surface area (Å²) in [5.74, 6) is -0.851. The number of hydrogen-bond acceptors (Lipinski definition) is 4. The van der Waals surface area contributed by atoms with Crippen molar-refractivity contribution in [3.8, 4) is 0 Å². The molecule has 0 aliphatic carbocycles. The fourth-order valence-corrected chi connectivity index (χ4v) is 2.02. The Bertz CT molecular complexity index is 437. The first-order valence-electron chi connectivity index (χ1n) is 10.5. The number of hydrogen-bond donors (Lipinski definition) is 3. The van der Waals surface area contributed by atoms with Crippen molar-refractivity contribution >= 4 is 23.5 Å². The Morgan fingerprint density at radius 3 is 1.86 bits per heavy atom. The van der Waals surface area contributed by atoms with E-state index in [0.717, 1.165) is 12.8 Å². The fraction of sp³-hybridized carbons (Fsp3) is 0.810. The third kappa shape index (κ3) is 22.1. The molecule has 0 aliphatic heterocycles. The summed E-state index contributed by atoms with van der Waals surface area (Å²) in [6.07, 6.45) is 3.92. The Morgan fingerprint density at radius 2 is 1.43 bits per heavy atom. The largest absolute Gasteiger partial charge is 0.370 e. The van der Waals surface area contributed by atoms with E-state index < -0.39 is 11.9 Å². The molecule has 28 heavy (non-hydrogen) atoms. The normalized spacial score (nSPS) is 10.6. The van der Waals surface area contributed by atoms with Gasteiger partial charge in [-0.2, -0.15) is 0 Å². The average Bonchev–Trinajstić information content (AvgIpc) is 2.60. The lowest BCUT2D eigenvalue weighted by Crippen LogP contribution is -2.49. The number of Topliss-reactive ketones (excluding diaryl/α,β-unsaturated/α-hetero) is 1. The van der Waals surface area contributed by atoms with Crippen molar-refractivity contribution < 1.29 is 19.2 Å². The average molecular weight is 402 g/mol. The smallest absolute Gasteiger partial charge is 0.242 e. The molecule has 7 heteroatoms. The van der Waals surface area contributed by atoms with Crippen molar-refractivity contribution in [2.75, 3.05) is 6.54 Å². The van der Waals surface area contributed by atoms with E-state index in [1.807, 2.05) is 27.7 Å². The van der Waals surface area contributed by atoms with Gasteiger partial charge in [0.1, 0.15) is 11.8 Å². The molecule has 0 aromatic heterocycles. The Morgan fingerprint density at radius 1 is 0.893 bits per heavy atom. The van der Waals surface area contributed by atoms with Gasteiger partial charge >= 0.3 is 0 Å². The van der Waals surface area contributed by atoms with Crippen molar-refractivity contribution in [3.63, 3.8) is 0 Å². The topological polar surface area (TPSA) is 118 Å². The van der Waals surface area contributed by atoms with Crippen LogP contribution in [-0.4, -0.2) is 36.1 Å². The van der Waals surface area contributed by atoms with Crippen LogP contribution in [0, 0.1) is 5.92 Å². The number of carbonyl (C=O) groups excluding carboxylic acids is 4. The van der Waals surface area contributed by atoms with Crippen molar-refractivity contribution in [2.24, 2.45) is 11.7 Å². The molecule has 166 valence electrons. The van der Waals surface area contributed by atoms with Gasteiger partial charge in [-0.3, -0.25) is 14.4 Å². The lowest BCUT2D eigenvalue weighted by molar-refractivity contribution is -0.130. The van der Waals surface area contributed by atoms with Gasteiger partial charge in [0.25, 0.3) is 0 Å². The van der Waals surface area contributed by atoms with E-state index in [-0.39, 0.29) is 36.4 Å². The summed E-state index contributed by atoms with van der Waals surface area (Å²) in [4.78, 5) is 45.4. The Labute approximate surface area is 171 Å². The van der Waals surface area contributed by atoms with Gasteiger partial charge in [-0.05, 0) is 32.1 Å². The standard InChI is InChI=1S/C16H29N3O4.C3H8.C2H6/c1-11(2)15(19-14(22)9-6-8-13(17)21)16(23)18-10-5-4-7-12(3)20;1-3-2;1-2/h11,15H,4-10H2,1-3H3,(H2,17,21)(H,18,23)(H,19,22);3H2,1-2H3;1-2H3. The lowest BCUT2D eigenvalue weighted by atomic mass is 10.0. The minimum atomic E-state index is -0.608. The molecule has 0 saturated heterocycles. The second-order valence-electron chi connectivity index (χ2n) is 6.77. The molecule has 1 atom stereocenters. The van der Waals surface area contributed by atoms with Crippen LogP contribution in [0.25, 0.3) is 0 Å². The number of carbonyl (C=O) groups is 4. The summed E-state index contributed by atoms with van der Waals surface area (Å²) in [5, 5.41) is 5.47. The van der Waals surface area contributed by atoms with Crippen LogP contribution in [0.5, 0.6) is 0 Å². The SMILES string of the molecule is CC.CC(=O)CCCCNC(=O)C(NC(=O)CCCC(N)=O)C(C)C.CCC. The van der Waals surface area contributed by atoms with Crippen LogP contribution in [-0.2, 0) is 19.2 Å². The molecule has 3 amide bonds. The summed E-state index contributed by atoms with van der Waals surface area (Å²) in [6.45, 7) is 14.0. The van der Waals surface area contributed by atoms with Gasteiger partial charge in [-0.1, -0.05) is 48.0 Å². The van der Waals surface area contributed by atoms with Gasteiger partial charge < -0.3 is 21.2 Å². The van der Waals surface area contributed by atoms with E-state index in [2.05, 4.69) is 24.5 Å². The second kappa shape index (κ2) is 21.4. The van der Waals surface area contributed by atoms with Gasteiger partial charge in [0.05, 0.1) is 0 Å². The maximum atomic E-state index is 12.1. The third-order valence-electron chi connectivity index (χ3n) is 3.35. The zero-order valence-electron chi connectivity index (χ0n) is 19.0. The molecule has 0 saturated carbocycles. The molecule has 7 nitrogen and oxygen atoms in total. The number of rotatable bonds is 12. The zero-order valence-corrected chi connectivity index (χ0v) is 19.0. The predicted molar refractivity (Wildman–Crippen MR) is 115 cm³/mol. The molecular weight excluding hydrogens is 358 g/mol. The molecule has 0 aliphatic rings. The number of nitrogens with two attached hydrogens (primary N) is 1. The van der Waals surface area contributed by atoms with Gasteiger partial charge in [-0.15, -0.1) is 0 Å². The minimum Gasteiger partial charge on any atom is -0.370 e. The van der Waals surface area contributed by atoms with Crippen LogP contribution in [0.3, 0.4) is 0 Å². The highest BCUT2D eigenvalue weighted by atomic mass is 16.2. The van der Waals surface area contributed by atoms with E-state index in [1.165, 1.54) is 6.42 Å². The van der Waals surface area contributed by atoms with Crippen LogP contribution in [0.2, 0.25) is 0 Å². The summed E-state index contributed by atoms with van der Waals surface area (Å²) < 4.78 is 0. The molecule has 0 fully saturated rings. The molecule has 0 aromatic carbocycles. The lowest BCUT2D eigenvalue weighted by Gasteiger charge is -2.21. The maximum absolute atomic E-state index is 12.1. The first kappa shape index (κ1) is 30.8. The van der Waals surface area contributed by atoms with Crippen LogP contribution >= 0.6 is 0 Å². The zero-order chi connectivity index (χ0) is 22.5. The molecule has 0 spiro atoms. The Balaban J connectivity index is -0.00000113. The monoisotopic (exact) mass is 401 g/mol. The number of nitrogens with one attached hydrogen (secondary N) is 2. The summed E-state index contributed by atoms with van der Waals surface area (Å²) >= 11 is 0. The van der Waals surface area contributed by atoms with Gasteiger partial charge in [0.2, 0.25) is 17.7 Å². The first-order chi connectivity index (χ1) is 13.1. The van der Waals surface area contributed by atoms with E-state index in [4.69, 9.17) is 5.73 Å². The summed E-state index contributed by atoms with van der Waals surface area (Å²) in [6, 6.07) is -0.608. The van der Waals surface area contributed by atoms with E-state index in [9.17, 15) is 19.2 Å². The fourth-order valence-electron chi connectivity index (χ4n) is 2.02. The van der Waals surface area contributed by atoms with Crippen molar-refractivity contribution in [1.82, 2.24) is 10.6 Å². The molecule has 4 N–H and O–H groups in total. The number of primary amides is 1. The van der Waals surface area contributed by atoms with Crippen LogP contribution < -0.4 is 16.4 Å². The number of ketones is 1. The van der Waals surface area contributed by atoms with E-state index in [1.54, 1.807) is 6.92 Å². The number of amides is 3.